The van der Waals surface area contributed by atoms with Crippen molar-refractivity contribution < 1.29 is 18.8 Å². The van der Waals surface area contributed by atoms with Crippen LogP contribution in [0.4, 0.5) is 14.9 Å². The van der Waals surface area contributed by atoms with Gasteiger partial charge in [0.1, 0.15) is 11.4 Å². The summed E-state index contributed by atoms with van der Waals surface area (Å²) < 4.78 is 15.2. The molecule has 0 bridgehead atoms. The fourth-order valence-corrected chi connectivity index (χ4v) is 3.89. The molecule has 162 valence electrons. The van der Waals surface area contributed by atoms with Gasteiger partial charge in [0.15, 0.2) is 0 Å². The summed E-state index contributed by atoms with van der Waals surface area (Å²) in [5.41, 5.74) is 2.86. The molecular weight excluding hydrogens is 456 g/mol. The van der Waals surface area contributed by atoms with Crippen LogP contribution < -0.4 is 10.2 Å². The number of imide groups is 2. The highest BCUT2D eigenvalue weighted by molar-refractivity contribution is 6.43. The molecule has 2 aromatic carbocycles. The number of barbiturate groups is 1. The number of amides is 4. The molecule has 1 aliphatic rings. The molecule has 3 aromatic rings. The molecule has 0 aliphatic carbocycles. The standard InChI is InChI=1S/C23H16Cl2FN3O3/c1-12-9-14(13(2)28(12)16-5-3-15(26)4-6-16)10-18-21(30)27-23(32)29(22(18)31)17-7-8-19(24)20(25)11-17/h3-11H,1-2H3,(H,27,30,32)/b18-10+. The number of aromatic nitrogens is 1. The number of nitrogens with zero attached hydrogens (tertiary/aromatic N) is 2. The predicted octanol–water partition coefficient (Wildman–Crippen LogP) is 5.21. The van der Waals surface area contributed by atoms with Gasteiger partial charge in [-0.3, -0.25) is 14.9 Å². The minimum atomic E-state index is -0.882. The zero-order valence-electron chi connectivity index (χ0n) is 16.9. The number of hydrogen-bond acceptors (Lipinski definition) is 3. The van der Waals surface area contributed by atoms with E-state index in [2.05, 4.69) is 5.32 Å². The number of nitrogens with one attached hydrogen (secondary N) is 1. The topological polar surface area (TPSA) is 71.4 Å². The SMILES string of the molecule is Cc1cc(/C=C2\C(=O)NC(=O)N(c3ccc(Cl)c(Cl)c3)C2=O)c(C)n1-c1ccc(F)cc1. The molecule has 2 heterocycles. The van der Waals surface area contributed by atoms with E-state index in [-0.39, 0.29) is 27.1 Å². The summed E-state index contributed by atoms with van der Waals surface area (Å²) in [6.07, 6.45) is 1.43. The number of benzene rings is 2. The van der Waals surface area contributed by atoms with Crippen molar-refractivity contribution in [3.8, 4) is 5.69 Å². The van der Waals surface area contributed by atoms with Gasteiger partial charge in [0.25, 0.3) is 11.8 Å². The van der Waals surface area contributed by atoms with Gasteiger partial charge >= 0.3 is 6.03 Å². The van der Waals surface area contributed by atoms with Gasteiger partial charge in [-0.05, 0) is 74.0 Å². The molecule has 0 radical (unpaired) electrons. The number of halogens is 3. The molecule has 6 nitrogen and oxygen atoms in total. The van der Waals surface area contributed by atoms with Gasteiger partial charge in [0.2, 0.25) is 0 Å². The molecule has 0 atom stereocenters. The van der Waals surface area contributed by atoms with Crippen LogP contribution in [0.1, 0.15) is 17.0 Å². The summed E-state index contributed by atoms with van der Waals surface area (Å²) in [6.45, 7) is 3.67. The van der Waals surface area contributed by atoms with Crippen LogP contribution in [-0.2, 0) is 9.59 Å². The van der Waals surface area contributed by atoms with Crippen LogP contribution in [-0.4, -0.2) is 22.4 Å². The first kappa shape index (κ1) is 21.8. The first-order valence-electron chi connectivity index (χ1n) is 9.49. The Bertz CT molecular complexity index is 1310. The van der Waals surface area contributed by atoms with E-state index in [1.54, 1.807) is 18.2 Å². The number of rotatable bonds is 3. The van der Waals surface area contributed by atoms with E-state index in [1.165, 1.54) is 36.4 Å². The van der Waals surface area contributed by atoms with Crippen LogP contribution in [0, 0.1) is 19.7 Å². The van der Waals surface area contributed by atoms with Crippen LogP contribution in [0.15, 0.2) is 54.1 Å². The van der Waals surface area contributed by atoms with E-state index in [1.807, 2.05) is 18.4 Å². The second-order valence-corrected chi connectivity index (χ2v) is 8.01. The molecule has 1 aromatic heterocycles. The van der Waals surface area contributed by atoms with E-state index in [0.717, 1.165) is 22.0 Å². The third-order valence-corrected chi connectivity index (χ3v) is 5.86. The summed E-state index contributed by atoms with van der Waals surface area (Å²) in [5, 5.41) is 2.60. The molecule has 4 rings (SSSR count). The molecule has 0 spiro atoms. The van der Waals surface area contributed by atoms with Crippen molar-refractivity contribution in [3.05, 3.63) is 86.9 Å². The third-order valence-electron chi connectivity index (χ3n) is 5.12. The molecule has 1 fully saturated rings. The molecule has 1 aliphatic heterocycles. The number of anilines is 1. The Morgan fingerprint density at radius 3 is 2.22 bits per heavy atom. The lowest BCUT2D eigenvalue weighted by molar-refractivity contribution is -0.122. The fourth-order valence-electron chi connectivity index (χ4n) is 3.59. The van der Waals surface area contributed by atoms with Gasteiger partial charge < -0.3 is 4.57 Å². The number of hydrogen-bond donors (Lipinski definition) is 1. The monoisotopic (exact) mass is 471 g/mol. The third kappa shape index (κ3) is 3.81. The lowest BCUT2D eigenvalue weighted by Gasteiger charge is -2.26. The summed E-state index contributed by atoms with van der Waals surface area (Å²) >= 11 is 11.9. The van der Waals surface area contributed by atoms with E-state index in [4.69, 9.17) is 23.2 Å². The highest BCUT2D eigenvalue weighted by Gasteiger charge is 2.37. The average Bonchev–Trinajstić information content (AvgIpc) is 3.01. The minimum absolute atomic E-state index is 0.162. The van der Waals surface area contributed by atoms with Crippen LogP contribution >= 0.6 is 23.2 Å². The Morgan fingerprint density at radius 2 is 1.56 bits per heavy atom. The number of carbonyl (C=O) groups excluding carboxylic acids is 3. The Labute approximate surface area is 192 Å². The maximum absolute atomic E-state index is 13.3. The van der Waals surface area contributed by atoms with Crippen LogP contribution in [0.2, 0.25) is 10.0 Å². The number of urea groups is 1. The zero-order valence-corrected chi connectivity index (χ0v) is 18.5. The Hall–Kier alpha value is -3.42. The van der Waals surface area contributed by atoms with Crippen molar-refractivity contribution in [1.82, 2.24) is 9.88 Å². The van der Waals surface area contributed by atoms with E-state index < -0.39 is 17.8 Å². The molecule has 1 N–H and O–H groups in total. The summed E-state index contributed by atoms with van der Waals surface area (Å²) in [5.74, 6) is -1.94. The lowest BCUT2D eigenvalue weighted by Crippen LogP contribution is -2.54. The maximum atomic E-state index is 13.3. The van der Waals surface area contributed by atoms with Crippen molar-refractivity contribution in [2.24, 2.45) is 0 Å². The summed E-state index contributed by atoms with van der Waals surface area (Å²) in [7, 11) is 0. The van der Waals surface area contributed by atoms with Gasteiger partial charge in [0, 0.05) is 17.1 Å². The highest BCUT2D eigenvalue weighted by Crippen LogP contribution is 2.30. The van der Waals surface area contributed by atoms with E-state index >= 15 is 0 Å². The smallest absolute Gasteiger partial charge is 0.318 e. The minimum Gasteiger partial charge on any atom is -0.318 e. The van der Waals surface area contributed by atoms with Crippen molar-refractivity contribution in [3.63, 3.8) is 0 Å². The summed E-state index contributed by atoms with van der Waals surface area (Å²) in [4.78, 5) is 38.8. The Balaban J connectivity index is 1.76. The highest BCUT2D eigenvalue weighted by atomic mass is 35.5. The zero-order chi connectivity index (χ0) is 23.2. The van der Waals surface area contributed by atoms with Gasteiger partial charge in [-0.1, -0.05) is 23.2 Å². The van der Waals surface area contributed by atoms with E-state index in [9.17, 15) is 18.8 Å². The lowest BCUT2D eigenvalue weighted by atomic mass is 10.1. The Morgan fingerprint density at radius 1 is 0.906 bits per heavy atom. The van der Waals surface area contributed by atoms with Crippen molar-refractivity contribution in [1.29, 1.82) is 0 Å². The maximum Gasteiger partial charge on any atom is 0.335 e. The van der Waals surface area contributed by atoms with Crippen molar-refractivity contribution in [2.45, 2.75) is 13.8 Å². The van der Waals surface area contributed by atoms with Crippen LogP contribution in [0.5, 0.6) is 0 Å². The van der Waals surface area contributed by atoms with Gasteiger partial charge in [-0.2, -0.15) is 0 Å². The van der Waals surface area contributed by atoms with Crippen molar-refractivity contribution in [2.75, 3.05) is 4.90 Å². The van der Waals surface area contributed by atoms with E-state index in [0.29, 0.717) is 5.56 Å². The molecule has 32 heavy (non-hydrogen) atoms. The first-order valence-corrected chi connectivity index (χ1v) is 10.2. The summed E-state index contributed by atoms with van der Waals surface area (Å²) in [6, 6.07) is 11.2. The second kappa shape index (κ2) is 8.26. The first-order chi connectivity index (χ1) is 15.2. The van der Waals surface area contributed by atoms with Gasteiger partial charge in [0.05, 0.1) is 15.7 Å². The molecule has 0 unspecified atom stereocenters. The average molecular weight is 472 g/mol. The Kier molecular flexibility index (Phi) is 5.62. The normalized spacial score (nSPS) is 15.5. The molecule has 9 heteroatoms. The second-order valence-electron chi connectivity index (χ2n) is 7.19. The van der Waals surface area contributed by atoms with Crippen LogP contribution in [0.3, 0.4) is 0 Å². The molecule has 0 saturated carbocycles. The molecular formula is C23H16Cl2FN3O3. The largest absolute Gasteiger partial charge is 0.335 e. The quantitative estimate of drug-likeness (QED) is 0.421. The number of aryl methyl sites for hydroxylation is 1. The number of carbonyl (C=O) groups is 3. The van der Waals surface area contributed by atoms with Gasteiger partial charge in [-0.25, -0.2) is 14.1 Å². The van der Waals surface area contributed by atoms with Crippen molar-refractivity contribution >= 4 is 52.8 Å². The fraction of sp³-hybridized carbons (Fsp3) is 0.0870. The molecule has 1 saturated heterocycles. The predicted molar refractivity (Wildman–Crippen MR) is 121 cm³/mol. The van der Waals surface area contributed by atoms with Crippen LogP contribution in [0.25, 0.3) is 11.8 Å². The van der Waals surface area contributed by atoms with Gasteiger partial charge in [-0.15, -0.1) is 0 Å². The molecule has 4 amide bonds.